The number of carbonyl (C=O) groups is 2. The number of esters is 2. The second-order valence-corrected chi connectivity index (χ2v) is 31.9. The Labute approximate surface area is 408 Å². The monoisotopic (exact) mass is 966 g/mol. The predicted octanol–water partition coefficient (Wildman–Crippen LogP) is 13.9. The Morgan fingerprint density at radius 1 is 0.485 bits per heavy atom. The third kappa shape index (κ3) is 12.5. The van der Waals surface area contributed by atoms with Crippen LogP contribution in [0.2, 0.25) is 51.4 Å². The molecule has 0 saturated heterocycles. The fourth-order valence-corrected chi connectivity index (χ4v) is 24.1. The highest BCUT2D eigenvalue weighted by atomic mass is 28.5. The molecule has 6 aromatic rings. The van der Waals surface area contributed by atoms with Gasteiger partial charge in [0.05, 0.1) is 19.6 Å². The minimum Gasteiger partial charge on any atom is -0.496 e. The van der Waals surface area contributed by atoms with Gasteiger partial charge >= 0.3 is 20.5 Å². The van der Waals surface area contributed by atoms with E-state index in [1.807, 2.05) is 49.4 Å². The van der Waals surface area contributed by atoms with Crippen molar-refractivity contribution in [3.8, 4) is 34.1 Å². The van der Waals surface area contributed by atoms with Crippen LogP contribution in [0.15, 0.2) is 133 Å². The van der Waals surface area contributed by atoms with Crippen LogP contribution < -0.4 is 18.9 Å². The van der Waals surface area contributed by atoms with Crippen LogP contribution in [0.1, 0.15) is 71.2 Å². The number of aryl methyl sites for hydroxylation is 4. The van der Waals surface area contributed by atoms with Crippen molar-refractivity contribution in [2.24, 2.45) is 0 Å². The molecular formula is C57H70O8Si3. The first-order valence-electron chi connectivity index (χ1n) is 23.7. The van der Waals surface area contributed by atoms with Crippen LogP contribution in [-0.4, -0.2) is 51.4 Å². The predicted molar refractivity (Wildman–Crippen MR) is 283 cm³/mol. The van der Waals surface area contributed by atoms with Crippen molar-refractivity contribution in [2.75, 3.05) is 14.2 Å². The summed E-state index contributed by atoms with van der Waals surface area (Å²) in [6, 6.07) is 48.0. The van der Waals surface area contributed by atoms with E-state index >= 15 is 0 Å². The summed E-state index contributed by atoms with van der Waals surface area (Å²) in [5, 5.41) is 0. The van der Waals surface area contributed by atoms with E-state index in [0.717, 1.165) is 71.5 Å². The lowest BCUT2D eigenvalue weighted by Crippen LogP contribution is -2.52. The molecular weight excluding hydrogens is 897 g/mol. The molecule has 0 heterocycles. The molecule has 0 amide bonds. The lowest BCUT2D eigenvalue weighted by Gasteiger charge is -2.39. The first-order chi connectivity index (χ1) is 32.3. The van der Waals surface area contributed by atoms with E-state index in [9.17, 15) is 9.59 Å². The van der Waals surface area contributed by atoms with Gasteiger partial charge in [0.15, 0.2) is 16.6 Å². The Hall–Kier alpha value is -5.57. The van der Waals surface area contributed by atoms with Gasteiger partial charge in [-0.3, -0.25) is 9.59 Å². The van der Waals surface area contributed by atoms with Crippen molar-refractivity contribution in [1.82, 2.24) is 0 Å². The van der Waals surface area contributed by atoms with E-state index in [-0.39, 0.29) is 11.9 Å². The number of benzene rings is 6. The SMILES string of the molecule is COc1ccc(C2(c3ccc(OC(C)=O)c(C)c3)c3ccccc3-c3ccccc32)cc1C.COc1ccccc1CCC[Si](C)(C)O[Si](C)(C)O[Si](C)(C)CCCc1ccccc1OC(C)=O. The second-order valence-electron chi connectivity index (χ2n) is 19.4. The summed E-state index contributed by atoms with van der Waals surface area (Å²) in [6.07, 6.45) is 3.96. The van der Waals surface area contributed by atoms with Gasteiger partial charge in [-0.15, -0.1) is 0 Å². The van der Waals surface area contributed by atoms with Crippen molar-refractivity contribution in [3.05, 3.63) is 178 Å². The van der Waals surface area contributed by atoms with Gasteiger partial charge in [-0.05, 0) is 171 Å². The molecule has 0 bridgehead atoms. The van der Waals surface area contributed by atoms with E-state index in [1.165, 1.54) is 47.2 Å². The smallest absolute Gasteiger partial charge is 0.311 e. The van der Waals surface area contributed by atoms with Gasteiger partial charge in [0.25, 0.3) is 0 Å². The summed E-state index contributed by atoms with van der Waals surface area (Å²) in [6.45, 7) is 20.5. The third-order valence-electron chi connectivity index (χ3n) is 12.6. The fraction of sp³-hybridized carbons (Fsp3) is 0.333. The second kappa shape index (κ2) is 22.2. The highest BCUT2D eigenvalue weighted by molar-refractivity contribution is 6.87. The first kappa shape index (κ1) is 51.8. The van der Waals surface area contributed by atoms with Crippen LogP contribution in [0.4, 0.5) is 0 Å². The van der Waals surface area contributed by atoms with E-state index in [1.54, 1.807) is 14.2 Å². The number of methoxy groups -OCH3 is 2. The van der Waals surface area contributed by atoms with Gasteiger partial charge in [0.2, 0.25) is 0 Å². The number of hydrogen-bond donors (Lipinski definition) is 0. The van der Waals surface area contributed by atoms with Gasteiger partial charge in [-0.25, -0.2) is 0 Å². The van der Waals surface area contributed by atoms with E-state index < -0.39 is 30.6 Å². The molecule has 0 atom stereocenters. The summed E-state index contributed by atoms with van der Waals surface area (Å²) in [5.74, 6) is 2.49. The number of hydrogen-bond acceptors (Lipinski definition) is 8. The topological polar surface area (TPSA) is 89.5 Å². The number of ether oxygens (including phenoxy) is 4. The molecule has 358 valence electrons. The molecule has 0 unspecified atom stereocenters. The Morgan fingerprint density at radius 3 is 1.34 bits per heavy atom. The third-order valence-corrected chi connectivity index (χ3v) is 24.0. The maximum atomic E-state index is 11.6. The van der Waals surface area contributed by atoms with Gasteiger partial charge in [0.1, 0.15) is 23.0 Å². The summed E-state index contributed by atoms with van der Waals surface area (Å²) in [4.78, 5) is 23.0. The maximum Gasteiger partial charge on any atom is 0.311 e. The molecule has 0 radical (unpaired) electrons. The molecule has 6 aromatic carbocycles. The van der Waals surface area contributed by atoms with Crippen LogP contribution in [-0.2, 0) is 36.1 Å². The Bertz CT molecular complexity index is 2660. The lowest BCUT2D eigenvalue weighted by molar-refractivity contribution is -0.132. The number of rotatable bonds is 18. The number of para-hydroxylation sites is 2. The fourth-order valence-electron chi connectivity index (χ4n) is 10.0. The molecule has 11 heteroatoms. The molecule has 0 aromatic heterocycles. The van der Waals surface area contributed by atoms with E-state index in [2.05, 4.69) is 137 Å². The van der Waals surface area contributed by atoms with Gasteiger partial charge in [0, 0.05) is 13.8 Å². The Kier molecular flexibility index (Phi) is 16.9. The summed E-state index contributed by atoms with van der Waals surface area (Å²) >= 11 is 0. The highest BCUT2D eigenvalue weighted by Gasteiger charge is 2.46. The molecule has 0 N–H and O–H groups in total. The molecule has 8 nitrogen and oxygen atoms in total. The van der Waals surface area contributed by atoms with Crippen molar-refractivity contribution < 1.29 is 36.8 Å². The van der Waals surface area contributed by atoms with Gasteiger partial charge < -0.3 is 27.2 Å². The molecule has 1 aliphatic rings. The normalized spacial score (nSPS) is 12.8. The minimum absolute atomic E-state index is 0.282. The quantitative estimate of drug-likeness (QED) is 0.0477. The van der Waals surface area contributed by atoms with Crippen LogP contribution >= 0.6 is 0 Å². The largest absolute Gasteiger partial charge is 0.496 e. The lowest BCUT2D eigenvalue weighted by atomic mass is 9.67. The van der Waals surface area contributed by atoms with E-state index in [0.29, 0.717) is 11.5 Å². The van der Waals surface area contributed by atoms with Crippen molar-refractivity contribution in [2.45, 2.75) is 110 Å². The average Bonchev–Trinajstić information content (AvgIpc) is 3.58. The van der Waals surface area contributed by atoms with Crippen LogP contribution in [0.5, 0.6) is 23.0 Å². The molecule has 7 rings (SSSR count). The summed E-state index contributed by atoms with van der Waals surface area (Å²) in [5.41, 5.74) is 11.1. The van der Waals surface area contributed by atoms with Crippen LogP contribution in [0.25, 0.3) is 11.1 Å². The Morgan fingerprint density at radius 2 is 0.882 bits per heavy atom. The van der Waals surface area contributed by atoms with Crippen LogP contribution in [0, 0.1) is 13.8 Å². The zero-order valence-electron chi connectivity index (χ0n) is 42.2. The van der Waals surface area contributed by atoms with Gasteiger partial charge in [-0.2, -0.15) is 0 Å². The highest BCUT2D eigenvalue weighted by Crippen LogP contribution is 2.56. The molecule has 0 saturated carbocycles. The molecule has 0 fully saturated rings. The van der Waals surface area contributed by atoms with Crippen molar-refractivity contribution in [1.29, 1.82) is 0 Å². The molecule has 0 spiro atoms. The van der Waals surface area contributed by atoms with Gasteiger partial charge in [-0.1, -0.05) is 109 Å². The van der Waals surface area contributed by atoms with Crippen molar-refractivity contribution >= 4 is 37.1 Å². The standard InChI is InChI=1S/C30H26O3.C27H44O5Si3/c1-19-17-22(13-15-28(19)32-4)30(23-14-16-29(20(2)18-23)33-21(3)31)26-11-7-5-9-24(26)25-10-6-8-12-27(25)30;1-23(28)30-27-20-12-10-16-25(27)18-14-22-34(5,6)32-35(7,8)31-33(3,4)21-13-17-24-15-9-11-19-26(24)29-2/h5-18H,1-4H3;9-12,15-16,19-20H,13-14,17-18,21-22H2,1-8H3. The summed E-state index contributed by atoms with van der Waals surface area (Å²) < 4.78 is 35.4. The first-order valence-corrected chi connectivity index (χ1v) is 32.8. The molecule has 68 heavy (non-hydrogen) atoms. The summed E-state index contributed by atoms with van der Waals surface area (Å²) in [7, 11) is -2.58. The maximum absolute atomic E-state index is 11.6. The number of carbonyl (C=O) groups excluding carboxylic acids is 2. The molecule has 1 aliphatic carbocycles. The number of fused-ring (bicyclic) bond motifs is 3. The van der Waals surface area contributed by atoms with E-state index in [4.69, 9.17) is 27.2 Å². The van der Waals surface area contributed by atoms with Crippen LogP contribution in [0.3, 0.4) is 0 Å². The minimum atomic E-state index is -2.25. The van der Waals surface area contributed by atoms with Crippen molar-refractivity contribution in [3.63, 3.8) is 0 Å². The Balaban J connectivity index is 0.000000224. The zero-order chi connectivity index (χ0) is 49.3. The molecule has 0 aliphatic heterocycles. The zero-order valence-corrected chi connectivity index (χ0v) is 45.2. The average molecular weight is 967 g/mol.